The lowest BCUT2D eigenvalue weighted by atomic mass is 10.1. The molecule has 0 spiro atoms. The molecule has 5 nitrogen and oxygen atoms in total. The van der Waals surface area contributed by atoms with Gasteiger partial charge in [-0.15, -0.1) is 0 Å². The van der Waals surface area contributed by atoms with Gasteiger partial charge in [0.1, 0.15) is 29.7 Å². The molecule has 8 heteroatoms. The molecule has 0 fully saturated rings. The van der Waals surface area contributed by atoms with Crippen molar-refractivity contribution in [3.05, 3.63) is 74.0 Å². The van der Waals surface area contributed by atoms with E-state index < -0.39 is 5.56 Å². The van der Waals surface area contributed by atoms with Gasteiger partial charge in [-0.2, -0.15) is 5.26 Å². The lowest BCUT2D eigenvalue weighted by Gasteiger charge is -2.13. The molecule has 0 bridgehead atoms. The Kier molecular flexibility index (Phi) is 6.07. The molecule has 0 saturated carbocycles. The average molecular weight is 418 g/mol. The summed E-state index contributed by atoms with van der Waals surface area (Å²) in [6, 6.07) is 14.2. The van der Waals surface area contributed by atoms with E-state index >= 15 is 0 Å². The largest absolute Gasteiger partial charge is 0.488 e. The lowest BCUT2D eigenvalue weighted by Crippen LogP contribution is -2.15. The molecule has 1 aromatic heterocycles. The van der Waals surface area contributed by atoms with Gasteiger partial charge < -0.3 is 9.72 Å². The van der Waals surface area contributed by atoms with E-state index in [1.807, 2.05) is 18.2 Å². The normalized spacial score (nSPS) is 10.4. The van der Waals surface area contributed by atoms with Crippen molar-refractivity contribution in [2.45, 2.75) is 11.8 Å². The molecule has 0 aliphatic heterocycles. The number of benzene rings is 2. The number of nitrogens with one attached hydrogen (secondary N) is 1. The van der Waals surface area contributed by atoms with E-state index in [0.29, 0.717) is 26.5 Å². The van der Waals surface area contributed by atoms with Gasteiger partial charge in [-0.25, -0.2) is 4.98 Å². The first kappa shape index (κ1) is 19.3. The van der Waals surface area contributed by atoms with Crippen molar-refractivity contribution >= 4 is 35.0 Å². The molecule has 0 amide bonds. The van der Waals surface area contributed by atoms with Crippen LogP contribution in [-0.2, 0) is 6.61 Å². The van der Waals surface area contributed by atoms with Gasteiger partial charge >= 0.3 is 0 Å². The fourth-order valence-corrected chi connectivity index (χ4v) is 3.21. The number of hydrogen-bond donors (Lipinski definition) is 1. The highest BCUT2D eigenvalue weighted by Gasteiger charge is 2.18. The van der Waals surface area contributed by atoms with Gasteiger partial charge in [-0.05, 0) is 42.2 Å². The van der Waals surface area contributed by atoms with Gasteiger partial charge in [0.2, 0.25) is 0 Å². The van der Waals surface area contributed by atoms with Crippen molar-refractivity contribution in [1.82, 2.24) is 9.97 Å². The van der Waals surface area contributed by atoms with Crippen LogP contribution in [0.5, 0.6) is 5.75 Å². The summed E-state index contributed by atoms with van der Waals surface area (Å²) in [7, 11) is 0. The summed E-state index contributed by atoms with van der Waals surface area (Å²) in [5, 5.41) is 10.9. The fraction of sp³-hybridized carbons (Fsp3) is 0.105. The Bertz CT molecular complexity index is 1090. The Morgan fingerprint density at radius 1 is 1.22 bits per heavy atom. The highest BCUT2D eigenvalue weighted by Crippen LogP contribution is 2.33. The van der Waals surface area contributed by atoms with Gasteiger partial charge in [0.25, 0.3) is 5.56 Å². The molecule has 136 valence electrons. The van der Waals surface area contributed by atoms with E-state index in [9.17, 15) is 10.1 Å². The van der Waals surface area contributed by atoms with Gasteiger partial charge in [0.05, 0.1) is 0 Å². The minimum absolute atomic E-state index is 0.0947. The summed E-state index contributed by atoms with van der Waals surface area (Å²) in [6.45, 7) is 0.260. The van der Waals surface area contributed by atoms with Crippen molar-refractivity contribution in [1.29, 1.82) is 5.26 Å². The van der Waals surface area contributed by atoms with Crippen molar-refractivity contribution in [3.63, 3.8) is 0 Å². The number of nitrogens with zero attached hydrogens (tertiary/aromatic N) is 2. The van der Waals surface area contributed by atoms with Crippen LogP contribution < -0.4 is 10.3 Å². The molecule has 0 unspecified atom stereocenters. The standard InChI is InChI=1S/C19H13Cl2N3O2S/c1-27-19-23-17(15(9-22)18(25)24-19)14-8-13(21)5-6-16(14)26-10-11-3-2-4-12(20)7-11/h2-8H,10H2,1H3,(H,23,24,25). The second-order valence-corrected chi connectivity index (χ2v) is 7.14. The number of ether oxygens (including phenoxy) is 1. The molecular formula is C19H13Cl2N3O2S. The molecule has 3 aromatic rings. The molecule has 3 rings (SSSR count). The molecule has 1 heterocycles. The Morgan fingerprint density at radius 2 is 2.00 bits per heavy atom. The molecular weight excluding hydrogens is 405 g/mol. The summed E-state index contributed by atoms with van der Waals surface area (Å²) in [6.07, 6.45) is 1.78. The van der Waals surface area contributed by atoms with Gasteiger partial charge in [-0.3, -0.25) is 4.79 Å². The third kappa shape index (κ3) is 4.45. The van der Waals surface area contributed by atoms with Crippen LogP contribution in [0.4, 0.5) is 0 Å². The minimum atomic E-state index is -0.507. The average Bonchev–Trinajstić information content (AvgIpc) is 2.66. The van der Waals surface area contributed by atoms with Crippen molar-refractivity contribution in [2.75, 3.05) is 6.26 Å². The minimum Gasteiger partial charge on any atom is -0.488 e. The first-order chi connectivity index (χ1) is 13.0. The van der Waals surface area contributed by atoms with Crippen molar-refractivity contribution in [2.24, 2.45) is 0 Å². The molecule has 27 heavy (non-hydrogen) atoms. The zero-order valence-electron chi connectivity index (χ0n) is 14.1. The third-order valence-electron chi connectivity index (χ3n) is 3.68. The molecule has 0 saturated heterocycles. The molecule has 0 aliphatic rings. The van der Waals surface area contributed by atoms with Gasteiger partial charge in [0.15, 0.2) is 5.16 Å². The first-order valence-electron chi connectivity index (χ1n) is 7.77. The molecule has 1 N–H and O–H groups in total. The third-order valence-corrected chi connectivity index (χ3v) is 4.73. The van der Waals surface area contributed by atoms with Crippen molar-refractivity contribution < 1.29 is 4.74 Å². The topological polar surface area (TPSA) is 78.8 Å². The maximum atomic E-state index is 12.2. The summed E-state index contributed by atoms with van der Waals surface area (Å²) < 4.78 is 5.91. The lowest BCUT2D eigenvalue weighted by molar-refractivity contribution is 0.307. The van der Waals surface area contributed by atoms with Crippen LogP contribution in [0, 0.1) is 11.3 Å². The zero-order chi connectivity index (χ0) is 19.4. The molecule has 0 atom stereocenters. The Hall–Kier alpha value is -2.46. The zero-order valence-corrected chi connectivity index (χ0v) is 16.5. The number of rotatable bonds is 5. The van der Waals surface area contributed by atoms with Crippen LogP contribution in [-0.4, -0.2) is 16.2 Å². The predicted molar refractivity (Wildman–Crippen MR) is 108 cm³/mol. The fourth-order valence-electron chi connectivity index (χ4n) is 2.45. The number of aromatic nitrogens is 2. The van der Waals surface area contributed by atoms with Crippen LogP contribution in [0.2, 0.25) is 10.0 Å². The number of nitriles is 1. The second-order valence-electron chi connectivity index (χ2n) is 5.47. The monoisotopic (exact) mass is 417 g/mol. The smallest absolute Gasteiger partial charge is 0.270 e. The van der Waals surface area contributed by atoms with Gasteiger partial charge in [-0.1, -0.05) is 47.1 Å². The summed E-state index contributed by atoms with van der Waals surface area (Å²) in [4.78, 5) is 19.2. The van der Waals surface area contributed by atoms with Gasteiger partial charge in [0, 0.05) is 15.6 Å². The summed E-state index contributed by atoms with van der Waals surface area (Å²) in [5.74, 6) is 0.459. The van der Waals surface area contributed by atoms with E-state index in [1.54, 1.807) is 36.6 Å². The van der Waals surface area contributed by atoms with E-state index in [0.717, 1.165) is 5.56 Å². The Balaban J connectivity index is 2.06. The van der Waals surface area contributed by atoms with E-state index in [1.165, 1.54) is 11.8 Å². The summed E-state index contributed by atoms with van der Waals surface area (Å²) >= 11 is 13.4. The number of H-pyrrole nitrogens is 1. The van der Waals surface area contributed by atoms with Crippen LogP contribution in [0.15, 0.2) is 52.4 Å². The van der Waals surface area contributed by atoms with E-state index in [2.05, 4.69) is 9.97 Å². The number of aromatic amines is 1. The van der Waals surface area contributed by atoms with Crippen LogP contribution in [0.3, 0.4) is 0 Å². The Labute approximate surface area is 169 Å². The van der Waals surface area contributed by atoms with E-state index in [-0.39, 0.29) is 17.9 Å². The first-order valence-corrected chi connectivity index (χ1v) is 9.75. The predicted octanol–water partition coefficient (Wildman–Crippen LogP) is 4.92. The quantitative estimate of drug-likeness (QED) is 0.470. The number of thioether (sulfide) groups is 1. The van der Waals surface area contributed by atoms with Crippen LogP contribution >= 0.6 is 35.0 Å². The molecule has 2 aromatic carbocycles. The van der Waals surface area contributed by atoms with Crippen LogP contribution in [0.25, 0.3) is 11.3 Å². The molecule has 0 aliphatic carbocycles. The number of hydrogen-bond acceptors (Lipinski definition) is 5. The Morgan fingerprint density at radius 3 is 2.70 bits per heavy atom. The van der Waals surface area contributed by atoms with Crippen LogP contribution in [0.1, 0.15) is 11.1 Å². The highest BCUT2D eigenvalue weighted by molar-refractivity contribution is 7.98. The second kappa shape index (κ2) is 8.49. The van der Waals surface area contributed by atoms with Crippen molar-refractivity contribution in [3.8, 4) is 23.1 Å². The maximum Gasteiger partial charge on any atom is 0.270 e. The number of halogens is 2. The molecule has 0 radical (unpaired) electrons. The highest BCUT2D eigenvalue weighted by atomic mass is 35.5. The SMILES string of the molecule is CSc1nc(-c2cc(Cl)ccc2OCc2cccc(Cl)c2)c(C#N)c(=O)[nH]1. The summed E-state index contributed by atoms with van der Waals surface area (Å²) in [5.41, 5.74) is 0.986. The maximum absolute atomic E-state index is 12.2. The van der Waals surface area contributed by atoms with E-state index in [4.69, 9.17) is 27.9 Å².